The molecule has 0 bridgehead atoms. The van der Waals surface area contributed by atoms with E-state index < -0.39 is 15.6 Å². The first-order valence-corrected chi connectivity index (χ1v) is 8.67. The fourth-order valence-electron chi connectivity index (χ4n) is 2.39. The number of methoxy groups -OCH3 is 2. The van der Waals surface area contributed by atoms with Crippen LogP contribution in [0.4, 0.5) is 0 Å². The van der Waals surface area contributed by atoms with Gasteiger partial charge in [-0.25, -0.2) is 13.1 Å². The SMILES string of the molecule is COC[C@](C)(CNS(=O)(=O)c1c(C)c(C)cc(C)c1C)OC. The molecule has 1 N–H and O–H groups in total. The van der Waals surface area contributed by atoms with Crippen LogP contribution < -0.4 is 4.72 Å². The second kappa shape index (κ2) is 7.08. The summed E-state index contributed by atoms with van der Waals surface area (Å²) in [6.45, 7) is 9.76. The van der Waals surface area contributed by atoms with Gasteiger partial charge in [-0.3, -0.25) is 0 Å². The van der Waals surface area contributed by atoms with Crippen LogP contribution in [-0.4, -0.2) is 41.4 Å². The zero-order valence-electron chi connectivity index (χ0n) is 14.5. The molecule has 0 aliphatic carbocycles. The average Bonchev–Trinajstić information content (AvgIpc) is 2.44. The molecular formula is C16H27NO4S. The fraction of sp³-hybridized carbons (Fsp3) is 0.625. The number of sulfonamides is 1. The van der Waals surface area contributed by atoms with Crippen LogP contribution in [0.25, 0.3) is 0 Å². The number of benzene rings is 1. The first-order valence-electron chi connectivity index (χ1n) is 7.19. The summed E-state index contributed by atoms with van der Waals surface area (Å²) in [5, 5.41) is 0. The third-order valence-corrected chi connectivity index (χ3v) is 5.82. The molecule has 1 aromatic rings. The maximum atomic E-state index is 12.7. The maximum absolute atomic E-state index is 12.7. The van der Waals surface area contributed by atoms with Crippen LogP contribution in [-0.2, 0) is 19.5 Å². The van der Waals surface area contributed by atoms with E-state index in [4.69, 9.17) is 9.47 Å². The zero-order chi connectivity index (χ0) is 17.1. The van der Waals surface area contributed by atoms with Gasteiger partial charge >= 0.3 is 0 Å². The van der Waals surface area contributed by atoms with Gasteiger partial charge in [0.05, 0.1) is 11.5 Å². The lowest BCUT2D eigenvalue weighted by Gasteiger charge is -2.28. The van der Waals surface area contributed by atoms with Gasteiger partial charge in [-0.2, -0.15) is 0 Å². The van der Waals surface area contributed by atoms with Gasteiger partial charge in [-0.05, 0) is 56.9 Å². The minimum absolute atomic E-state index is 0.144. The third kappa shape index (κ3) is 4.07. The number of hydrogen-bond donors (Lipinski definition) is 1. The molecule has 0 amide bonds. The number of rotatable bonds is 7. The first-order chi connectivity index (χ1) is 10.1. The van der Waals surface area contributed by atoms with Gasteiger partial charge in [0.25, 0.3) is 0 Å². The van der Waals surface area contributed by atoms with Crippen molar-refractivity contribution >= 4 is 10.0 Å². The summed E-state index contributed by atoms with van der Waals surface area (Å²) in [5.41, 5.74) is 2.79. The van der Waals surface area contributed by atoms with Crippen molar-refractivity contribution in [2.45, 2.75) is 45.1 Å². The van der Waals surface area contributed by atoms with Gasteiger partial charge in [0.1, 0.15) is 5.60 Å². The largest absolute Gasteiger partial charge is 0.382 e. The summed E-state index contributed by atoms with van der Waals surface area (Å²) in [6.07, 6.45) is 0. The van der Waals surface area contributed by atoms with Crippen LogP contribution in [0.15, 0.2) is 11.0 Å². The highest BCUT2D eigenvalue weighted by atomic mass is 32.2. The van der Waals surface area contributed by atoms with E-state index in [0.717, 1.165) is 22.3 Å². The molecule has 0 aromatic heterocycles. The Bertz CT molecular complexity index is 614. The van der Waals surface area contributed by atoms with Crippen LogP contribution in [0.3, 0.4) is 0 Å². The highest BCUT2D eigenvalue weighted by Gasteiger charge is 2.28. The smallest absolute Gasteiger partial charge is 0.241 e. The Morgan fingerprint density at radius 1 is 1.09 bits per heavy atom. The molecule has 0 unspecified atom stereocenters. The van der Waals surface area contributed by atoms with Crippen LogP contribution in [0.2, 0.25) is 0 Å². The second-order valence-electron chi connectivity index (χ2n) is 6.00. The predicted molar refractivity (Wildman–Crippen MR) is 87.9 cm³/mol. The zero-order valence-corrected chi connectivity index (χ0v) is 15.3. The Labute approximate surface area is 134 Å². The molecule has 22 heavy (non-hydrogen) atoms. The minimum atomic E-state index is -3.61. The summed E-state index contributed by atoms with van der Waals surface area (Å²) >= 11 is 0. The van der Waals surface area contributed by atoms with Gasteiger partial charge < -0.3 is 9.47 Å². The highest BCUT2D eigenvalue weighted by Crippen LogP contribution is 2.26. The van der Waals surface area contributed by atoms with Gasteiger partial charge in [-0.15, -0.1) is 0 Å². The van der Waals surface area contributed by atoms with Crippen molar-refractivity contribution in [3.8, 4) is 0 Å². The molecule has 0 radical (unpaired) electrons. The van der Waals surface area contributed by atoms with Gasteiger partial charge in [-0.1, -0.05) is 6.07 Å². The van der Waals surface area contributed by atoms with E-state index in [1.807, 2.05) is 33.8 Å². The van der Waals surface area contributed by atoms with Crippen molar-refractivity contribution in [2.24, 2.45) is 0 Å². The van der Waals surface area contributed by atoms with E-state index in [-0.39, 0.29) is 6.54 Å². The van der Waals surface area contributed by atoms with Gasteiger partial charge in [0.2, 0.25) is 10.0 Å². The molecule has 5 nitrogen and oxygen atoms in total. The van der Waals surface area contributed by atoms with E-state index in [9.17, 15) is 8.42 Å². The summed E-state index contributed by atoms with van der Waals surface area (Å²) in [4.78, 5) is 0.362. The van der Waals surface area contributed by atoms with Crippen molar-refractivity contribution < 1.29 is 17.9 Å². The summed E-state index contributed by atoms with van der Waals surface area (Å²) in [5.74, 6) is 0. The van der Waals surface area contributed by atoms with Crippen LogP contribution in [0, 0.1) is 27.7 Å². The summed E-state index contributed by atoms with van der Waals surface area (Å²) in [7, 11) is -0.512. The van der Waals surface area contributed by atoms with Crippen molar-refractivity contribution in [1.82, 2.24) is 4.72 Å². The Balaban J connectivity index is 3.17. The molecule has 0 spiro atoms. The van der Waals surface area contributed by atoms with Crippen molar-refractivity contribution in [3.05, 3.63) is 28.3 Å². The topological polar surface area (TPSA) is 64.6 Å². The molecule has 0 saturated carbocycles. The van der Waals surface area contributed by atoms with Gasteiger partial charge in [0, 0.05) is 20.8 Å². The molecule has 0 aliphatic heterocycles. The molecule has 0 saturated heterocycles. The van der Waals surface area contributed by atoms with Crippen LogP contribution in [0.5, 0.6) is 0 Å². The summed E-state index contributed by atoms with van der Waals surface area (Å²) in [6, 6.07) is 2.01. The van der Waals surface area contributed by atoms with Gasteiger partial charge in [0.15, 0.2) is 0 Å². The molecule has 0 heterocycles. The Morgan fingerprint density at radius 3 is 2.00 bits per heavy atom. The lowest BCUT2D eigenvalue weighted by molar-refractivity contribution is -0.0460. The lowest BCUT2D eigenvalue weighted by atomic mass is 10.0. The molecular weight excluding hydrogens is 302 g/mol. The number of ether oxygens (including phenoxy) is 2. The normalized spacial score (nSPS) is 14.9. The Kier molecular flexibility index (Phi) is 6.15. The molecule has 1 aromatic carbocycles. The molecule has 0 aliphatic rings. The van der Waals surface area contributed by atoms with E-state index in [2.05, 4.69) is 4.72 Å². The monoisotopic (exact) mass is 329 g/mol. The quantitative estimate of drug-likeness (QED) is 0.833. The number of aryl methyl sites for hydroxylation is 2. The number of nitrogens with one attached hydrogen (secondary N) is 1. The number of hydrogen-bond acceptors (Lipinski definition) is 4. The van der Waals surface area contributed by atoms with Crippen molar-refractivity contribution in [2.75, 3.05) is 27.4 Å². The molecule has 1 rings (SSSR count). The fourth-order valence-corrected chi connectivity index (χ4v) is 4.16. The lowest BCUT2D eigenvalue weighted by Crippen LogP contribution is -2.45. The van der Waals surface area contributed by atoms with Crippen LogP contribution >= 0.6 is 0 Å². The van der Waals surface area contributed by atoms with E-state index in [1.54, 1.807) is 21.1 Å². The Hall–Kier alpha value is -0.950. The third-order valence-electron chi connectivity index (χ3n) is 4.14. The highest BCUT2D eigenvalue weighted by molar-refractivity contribution is 7.89. The standard InChI is InChI=1S/C16H27NO4S/c1-11-8-12(2)14(4)15(13(11)3)22(18,19)17-9-16(5,21-7)10-20-6/h8,17H,9-10H2,1-7H3/t16-/m0/s1. The summed E-state index contributed by atoms with van der Waals surface area (Å²) < 4.78 is 38.6. The molecule has 1 atom stereocenters. The molecule has 126 valence electrons. The minimum Gasteiger partial charge on any atom is -0.382 e. The second-order valence-corrected chi connectivity index (χ2v) is 7.70. The Morgan fingerprint density at radius 2 is 1.59 bits per heavy atom. The van der Waals surface area contributed by atoms with Crippen molar-refractivity contribution in [3.63, 3.8) is 0 Å². The average molecular weight is 329 g/mol. The van der Waals surface area contributed by atoms with Crippen LogP contribution in [0.1, 0.15) is 29.2 Å². The molecule has 6 heteroatoms. The van der Waals surface area contributed by atoms with E-state index in [1.165, 1.54) is 0 Å². The van der Waals surface area contributed by atoms with Crippen molar-refractivity contribution in [1.29, 1.82) is 0 Å². The molecule has 0 fully saturated rings. The first kappa shape index (κ1) is 19.1. The predicted octanol–water partition coefficient (Wildman–Crippen LogP) is 2.25. The van der Waals surface area contributed by atoms with E-state index >= 15 is 0 Å². The van der Waals surface area contributed by atoms with E-state index in [0.29, 0.717) is 11.5 Å². The maximum Gasteiger partial charge on any atom is 0.241 e.